The number of halogens is 1. The molecule has 50 valence electrons. The van der Waals surface area contributed by atoms with Crippen LogP contribution < -0.4 is 0 Å². The summed E-state index contributed by atoms with van der Waals surface area (Å²) in [5.41, 5.74) is 1.88. The van der Waals surface area contributed by atoms with Crippen LogP contribution in [0.5, 0.6) is 0 Å². The van der Waals surface area contributed by atoms with Crippen molar-refractivity contribution in [2.24, 2.45) is 16.7 Å². The molecular weight excluding hydrogens is 176 g/mol. The number of hydrogen-bond donors (Lipinski definition) is 0. The Morgan fingerprint density at radius 1 is 1.44 bits per heavy atom. The van der Waals surface area contributed by atoms with Crippen molar-refractivity contribution in [1.29, 1.82) is 0 Å². The van der Waals surface area contributed by atoms with Gasteiger partial charge in [-0.1, -0.05) is 15.9 Å². The first-order valence-electron chi connectivity index (χ1n) is 3.89. The van der Waals surface area contributed by atoms with Crippen LogP contribution in [0.3, 0.4) is 0 Å². The van der Waals surface area contributed by atoms with Gasteiger partial charge in [-0.25, -0.2) is 0 Å². The Hall–Kier alpha value is 0.480. The number of fused-ring (bicyclic) bond motifs is 1. The van der Waals surface area contributed by atoms with Gasteiger partial charge in [-0.3, -0.25) is 0 Å². The summed E-state index contributed by atoms with van der Waals surface area (Å²) in [7, 11) is 0. The van der Waals surface area contributed by atoms with Crippen LogP contribution in [-0.2, 0) is 0 Å². The Bertz CT molecular complexity index is 171. The van der Waals surface area contributed by atoms with Gasteiger partial charge in [-0.15, -0.1) is 0 Å². The lowest BCUT2D eigenvalue weighted by atomic mass is 10.2. The van der Waals surface area contributed by atoms with Crippen molar-refractivity contribution in [2.75, 3.05) is 5.33 Å². The number of hydrogen-bond acceptors (Lipinski definition) is 0. The molecule has 0 aromatic heterocycles. The van der Waals surface area contributed by atoms with Crippen molar-refractivity contribution in [3.05, 3.63) is 0 Å². The van der Waals surface area contributed by atoms with Gasteiger partial charge in [0.25, 0.3) is 0 Å². The first-order valence-corrected chi connectivity index (χ1v) is 5.01. The van der Waals surface area contributed by atoms with E-state index in [2.05, 4.69) is 15.9 Å². The van der Waals surface area contributed by atoms with E-state index in [0.717, 1.165) is 16.7 Å². The molecule has 0 N–H and O–H groups in total. The maximum Gasteiger partial charge on any atom is 0.00653 e. The van der Waals surface area contributed by atoms with Crippen LogP contribution in [-0.4, -0.2) is 5.33 Å². The van der Waals surface area contributed by atoms with Crippen molar-refractivity contribution in [2.45, 2.75) is 25.7 Å². The highest BCUT2D eigenvalue weighted by Gasteiger charge is 2.83. The topological polar surface area (TPSA) is 0 Å². The van der Waals surface area contributed by atoms with E-state index >= 15 is 0 Å². The molecule has 0 unspecified atom stereocenters. The minimum atomic E-state index is 0.927. The lowest BCUT2D eigenvalue weighted by Gasteiger charge is -1.86. The summed E-state index contributed by atoms with van der Waals surface area (Å²) < 4.78 is 0. The summed E-state index contributed by atoms with van der Waals surface area (Å²) in [5.74, 6) is 1.08. The third kappa shape index (κ3) is 0.410. The zero-order valence-electron chi connectivity index (χ0n) is 5.49. The monoisotopic (exact) mass is 186 g/mol. The smallest absolute Gasteiger partial charge is 0.00653 e. The van der Waals surface area contributed by atoms with Gasteiger partial charge in [0.2, 0.25) is 0 Å². The molecule has 0 bridgehead atoms. The van der Waals surface area contributed by atoms with Gasteiger partial charge >= 0.3 is 0 Å². The Labute approximate surface area is 64.1 Å². The molecule has 3 saturated carbocycles. The molecule has 0 aromatic carbocycles. The number of alkyl halides is 1. The van der Waals surface area contributed by atoms with E-state index in [-0.39, 0.29) is 0 Å². The SMILES string of the molecule is BrC[C@H]1C[C@@]12CC21CC1. The highest BCUT2D eigenvalue weighted by atomic mass is 79.9. The summed E-state index contributed by atoms with van der Waals surface area (Å²) in [5, 5.41) is 1.27. The fourth-order valence-corrected chi connectivity index (χ4v) is 3.68. The summed E-state index contributed by atoms with van der Waals surface area (Å²) in [4.78, 5) is 0. The molecule has 9 heavy (non-hydrogen) atoms. The molecule has 0 heterocycles. The first-order chi connectivity index (χ1) is 4.33. The van der Waals surface area contributed by atoms with Crippen LogP contribution in [0.15, 0.2) is 0 Å². The zero-order valence-corrected chi connectivity index (χ0v) is 7.08. The van der Waals surface area contributed by atoms with Gasteiger partial charge < -0.3 is 0 Å². The van der Waals surface area contributed by atoms with Crippen molar-refractivity contribution in [3.63, 3.8) is 0 Å². The van der Waals surface area contributed by atoms with E-state index in [1.807, 2.05) is 0 Å². The molecule has 3 fully saturated rings. The Morgan fingerprint density at radius 3 is 2.56 bits per heavy atom. The summed E-state index contributed by atoms with van der Waals surface area (Å²) >= 11 is 3.57. The van der Waals surface area contributed by atoms with Crippen molar-refractivity contribution >= 4 is 15.9 Å². The lowest BCUT2D eigenvalue weighted by Crippen LogP contribution is -1.84. The van der Waals surface area contributed by atoms with E-state index in [4.69, 9.17) is 0 Å². The maximum absolute atomic E-state index is 3.57. The van der Waals surface area contributed by atoms with Gasteiger partial charge in [0.05, 0.1) is 0 Å². The fourth-order valence-electron chi connectivity index (χ4n) is 2.83. The molecule has 3 rings (SSSR count). The second kappa shape index (κ2) is 1.13. The van der Waals surface area contributed by atoms with Gasteiger partial charge in [0, 0.05) is 5.33 Å². The molecule has 0 aromatic rings. The van der Waals surface area contributed by atoms with Gasteiger partial charge in [-0.2, -0.15) is 0 Å². The van der Waals surface area contributed by atoms with Crippen LogP contribution in [0.4, 0.5) is 0 Å². The minimum Gasteiger partial charge on any atom is -0.0925 e. The van der Waals surface area contributed by atoms with Crippen LogP contribution in [0, 0.1) is 16.7 Å². The summed E-state index contributed by atoms with van der Waals surface area (Å²) in [6.07, 6.45) is 6.28. The molecule has 1 heteroatoms. The average Bonchev–Trinajstić information content (AvgIpc) is 2.69. The molecule has 0 nitrogen and oxygen atoms in total. The van der Waals surface area contributed by atoms with E-state index in [9.17, 15) is 0 Å². The van der Waals surface area contributed by atoms with E-state index in [1.54, 1.807) is 25.7 Å². The molecule has 2 atom stereocenters. The van der Waals surface area contributed by atoms with Gasteiger partial charge in [-0.05, 0) is 42.4 Å². The number of rotatable bonds is 1. The Kier molecular flexibility index (Phi) is 0.650. The molecule has 0 amide bonds. The van der Waals surface area contributed by atoms with Crippen molar-refractivity contribution < 1.29 is 0 Å². The van der Waals surface area contributed by atoms with E-state index in [0.29, 0.717) is 0 Å². The standard InChI is InChI=1S/C8H11Br/c9-4-6-3-8(6)5-7(8)1-2-7/h6H,1-5H2/t6-,8-/m1/s1. The van der Waals surface area contributed by atoms with Gasteiger partial charge in [0.15, 0.2) is 0 Å². The quantitative estimate of drug-likeness (QED) is 0.553. The normalized spacial score (nSPS) is 56.3. The molecule has 2 spiro atoms. The summed E-state index contributed by atoms with van der Waals surface area (Å²) in [6.45, 7) is 0. The predicted octanol–water partition coefficient (Wildman–Crippen LogP) is 2.57. The molecule has 3 aliphatic rings. The molecule has 0 saturated heterocycles. The Balaban J connectivity index is 1.83. The van der Waals surface area contributed by atoms with E-state index < -0.39 is 0 Å². The van der Waals surface area contributed by atoms with Gasteiger partial charge in [0.1, 0.15) is 0 Å². The van der Waals surface area contributed by atoms with Crippen molar-refractivity contribution in [3.8, 4) is 0 Å². The second-order valence-corrected chi connectivity index (χ2v) is 4.82. The second-order valence-electron chi connectivity index (χ2n) is 4.17. The lowest BCUT2D eigenvalue weighted by molar-refractivity contribution is 0.661. The first kappa shape index (κ1) is 5.17. The van der Waals surface area contributed by atoms with E-state index in [1.165, 1.54) is 5.33 Å². The predicted molar refractivity (Wildman–Crippen MR) is 40.6 cm³/mol. The molecule has 3 aliphatic carbocycles. The van der Waals surface area contributed by atoms with Crippen LogP contribution in [0.25, 0.3) is 0 Å². The van der Waals surface area contributed by atoms with Crippen LogP contribution in [0.1, 0.15) is 25.7 Å². The fraction of sp³-hybridized carbons (Fsp3) is 1.00. The third-order valence-corrected chi connectivity index (χ3v) is 4.64. The highest BCUT2D eigenvalue weighted by molar-refractivity contribution is 9.09. The average molecular weight is 187 g/mol. The third-order valence-electron chi connectivity index (χ3n) is 3.86. The highest BCUT2D eigenvalue weighted by Crippen LogP contribution is 2.91. The van der Waals surface area contributed by atoms with Crippen molar-refractivity contribution in [1.82, 2.24) is 0 Å². The molecular formula is C8H11Br. The summed E-state index contributed by atoms with van der Waals surface area (Å²) in [6, 6.07) is 0. The van der Waals surface area contributed by atoms with Crippen LogP contribution in [0.2, 0.25) is 0 Å². The Morgan fingerprint density at radius 2 is 2.22 bits per heavy atom. The minimum absolute atomic E-state index is 0.927. The maximum atomic E-state index is 3.57. The largest absolute Gasteiger partial charge is 0.0925 e. The molecule has 0 radical (unpaired) electrons. The van der Waals surface area contributed by atoms with Crippen LogP contribution >= 0.6 is 15.9 Å². The molecule has 0 aliphatic heterocycles. The zero-order chi connectivity index (χ0) is 6.11.